The Morgan fingerprint density at radius 1 is 1.20 bits per heavy atom. The van der Waals surface area contributed by atoms with E-state index in [1.807, 2.05) is 18.3 Å². The van der Waals surface area contributed by atoms with Crippen LogP contribution in [0.5, 0.6) is 0 Å². The molecular formula is C17H18N6O2. The molecule has 0 amide bonds. The number of rotatable bonds is 5. The van der Waals surface area contributed by atoms with Crippen LogP contribution < -0.4 is 10.2 Å². The summed E-state index contributed by atoms with van der Waals surface area (Å²) in [5, 5.41) is 14.4. The summed E-state index contributed by atoms with van der Waals surface area (Å²) < 4.78 is 1.47. The first kappa shape index (κ1) is 15.4. The van der Waals surface area contributed by atoms with Gasteiger partial charge in [0.1, 0.15) is 5.82 Å². The summed E-state index contributed by atoms with van der Waals surface area (Å²) in [6.07, 6.45) is 5.87. The second-order valence-corrected chi connectivity index (χ2v) is 6.04. The normalized spacial score (nSPS) is 14.2. The highest BCUT2D eigenvalue weighted by Gasteiger charge is 2.22. The molecule has 0 spiro atoms. The molecule has 8 heteroatoms. The molecular weight excluding hydrogens is 320 g/mol. The first-order valence-electron chi connectivity index (χ1n) is 8.27. The van der Waals surface area contributed by atoms with E-state index in [1.165, 1.54) is 17.2 Å². The van der Waals surface area contributed by atoms with Gasteiger partial charge < -0.3 is 20.3 Å². The van der Waals surface area contributed by atoms with Gasteiger partial charge in [0.2, 0.25) is 11.5 Å². The van der Waals surface area contributed by atoms with E-state index in [1.54, 1.807) is 24.4 Å². The van der Waals surface area contributed by atoms with Crippen molar-refractivity contribution in [3.8, 4) is 0 Å². The molecule has 4 rings (SSSR count). The predicted molar refractivity (Wildman–Crippen MR) is 94.9 cm³/mol. The Balaban J connectivity index is 1.52. The van der Waals surface area contributed by atoms with Crippen molar-refractivity contribution in [3.05, 3.63) is 58.4 Å². The fourth-order valence-corrected chi connectivity index (χ4v) is 3.12. The molecule has 1 fully saturated rings. The maximum absolute atomic E-state index is 11.4. The maximum Gasteiger partial charge on any atom is 0.372 e. The highest BCUT2D eigenvalue weighted by Crippen LogP contribution is 2.26. The summed E-state index contributed by atoms with van der Waals surface area (Å²) in [5.74, 6) is 1.19. The standard InChI is InChI=1S/C17H18N6O2/c24-23(25)17-16(20-15-5-1-2-10-22(15)17)19-12-13-6-7-14(18-11-13)21-8-3-4-9-21/h1-2,5-7,10-11,19H,3-4,8-9,12H2. The van der Waals surface area contributed by atoms with Crippen LogP contribution in [0.25, 0.3) is 5.65 Å². The Kier molecular flexibility index (Phi) is 3.93. The Morgan fingerprint density at radius 3 is 2.76 bits per heavy atom. The highest BCUT2D eigenvalue weighted by atomic mass is 16.6. The topological polar surface area (TPSA) is 88.6 Å². The van der Waals surface area contributed by atoms with E-state index in [-0.39, 0.29) is 11.6 Å². The molecule has 0 bridgehead atoms. The largest absolute Gasteiger partial charge is 0.372 e. The SMILES string of the molecule is O=[N+]([O-])c1c(NCc2ccc(N3CCCC3)nc2)nc2ccccn12. The molecule has 1 aliphatic heterocycles. The number of imidazole rings is 1. The fraction of sp³-hybridized carbons (Fsp3) is 0.294. The lowest BCUT2D eigenvalue weighted by atomic mass is 10.2. The molecule has 0 atom stereocenters. The van der Waals surface area contributed by atoms with Crippen molar-refractivity contribution in [2.24, 2.45) is 0 Å². The summed E-state index contributed by atoms with van der Waals surface area (Å²) >= 11 is 0. The molecule has 0 saturated carbocycles. The number of hydrogen-bond acceptors (Lipinski definition) is 6. The van der Waals surface area contributed by atoms with E-state index in [2.05, 4.69) is 20.2 Å². The van der Waals surface area contributed by atoms with E-state index >= 15 is 0 Å². The molecule has 128 valence electrons. The third-order valence-corrected chi connectivity index (χ3v) is 4.38. The van der Waals surface area contributed by atoms with Crippen LogP contribution in [-0.2, 0) is 6.54 Å². The number of hydrogen-bond donors (Lipinski definition) is 1. The van der Waals surface area contributed by atoms with E-state index in [9.17, 15) is 10.1 Å². The predicted octanol–water partition coefficient (Wildman–Crippen LogP) is 2.85. The molecule has 0 radical (unpaired) electrons. The van der Waals surface area contributed by atoms with Gasteiger partial charge in [0, 0.05) is 31.9 Å². The van der Waals surface area contributed by atoms with Gasteiger partial charge in [-0.2, -0.15) is 9.38 Å². The maximum atomic E-state index is 11.4. The van der Waals surface area contributed by atoms with Gasteiger partial charge in [0.05, 0.1) is 6.20 Å². The van der Waals surface area contributed by atoms with Crippen LogP contribution in [0.1, 0.15) is 18.4 Å². The Morgan fingerprint density at radius 2 is 2.04 bits per heavy atom. The van der Waals surface area contributed by atoms with E-state index in [0.29, 0.717) is 12.2 Å². The van der Waals surface area contributed by atoms with Crippen LogP contribution in [0.3, 0.4) is 0 Å². The van der Waals surface area contributed by atoms with Crippen molar-refractivity contribution in [2.75, 3.05) is 23.3 Å². The monoisotopic (exact) mass is 338 g/mol. The van der Waals surface area contributed by atoms with Crippen LogP contribution in [0.2, 0.25) is 0 Å². The van der Waals surface area contributed by atoms with Crippen molar-refractivity contribution in [1.82, 2.24) is 14.4 Å². The summed E-state index contributed by atoms with van der Waals surface area (Å²) in [5.41, 5.74) is 1.49. The molecule has 25 heavy (non-hydrogen) atoms. The molecule has 3 aromatic heterocycles. The van der Waals surface area contributed by atoms with Crippen LogP contribution >= 0.6 is 0 Å². The second-order valence-electron chi connectivity index (χ2n) is 6.04. The summed E-state index contributed by atoms with van der Waals surface area (Å²) in [6, 6.07) is 9.28. The van der Waals surface area contributed by atoms with E-state index < -0.39 is 4.92 Å². The summed E-state index contributed by atoms with van der Waals surface area (Å²) in [6.45, 7) is 2.54. The van der Waals surface area contributed by atoms with Crippen LogP contribution in [-0.4, -0.2) is 32.4 Å². The minimum Gasteiger partial charge on any atom is -0.359 e. The smallest absolute Gasteiger partial charge is 0.359 e. The van der Waals surface area contributed by atoms with Gasteiger partial charge in [0.15, 0.2) is 0 Å². The lowest BCUT2D eigenvalue weighted by Crippen LogP contribution is -2.18. The average molecular weight is 338 g/mol. The first-order chi connectivity index (χ1) is 12.2. The van der Waals surface area contributed by atoms with Gasteiger partial charge >= 0.3 is 5.82 Å². The van der Waals surface area contributed by atoms with Gasteiger partial charge in [-0.05, 0) is 35.5 Å². The van der Waals surface area contributed by atoms with Gasteiger partial charge in [-0.25, -0.2) is 4.98 Å². The fourth-order valence-electron chi connectivity index (χ4n) is 3.12. The average Bonchev–Trinajstić information content (AvgIpc) is 3.28. The zero-order valence-electron chi connectivity index (χ0n) is 13.6. The number of nitrogens with one attached hydrogen (secondary N) is 1. The summed E-state index contributed by atoms with van der Waals surface area (Å²) in [7, 11) is 0. The third-order valence-electron chi connectivity index (χ3n) is 4.38. The van der Waals surface area contributed by atoms with Gasteiger partial charge in [-0.15, -0.1) is 0 Å². The highest BCUT2D eigenvalue weighted by molar-refractivity contribution is 5.62. The van der Waals surface area contributed by atoms with Gasteiger partial charge in [0.25, 0.3) is 0 Å². The van der Waals surface area contributed by atoms with Crippen molar-refractivity contribution in [2.45, 2.75) is 19.4 Å². The van der Waals surface area contributed by atoms with Crippen molar-refractivity contribution >= 4 is 23.1 Å². The van der Waals surface area contributed by atoms with Crippen molar-refractivity contribution in [3.63, 3.8) is 0 Å². The minimum absolute atomic E-state index is 0.0581. The number of nitrogens with zero attached hydrogens (tertiary/aromatic N) is 5. The molecule has 0 aliphatic carbocycles. The molecule has 0 aromatic carbocycles. The molecule has 8 nitrogen and oxygen atoms in total. The molecule has 4 heterocycles. The Hall–Kier alpha value is -3.16. The molecule has 1 N–H and O–H groups in total. The van der Waals surface area contributed by atoms with Crippen LogP contribution in [0, 0.1) is 10.1 Å². The Labute approximate surface area is 144 Å². The van der Waals surface area contributed by atoms with Crippen LogP contribution in [0.4, 0.5) is 17.5 Å². The molecule has 1 saturated heterocycles. The molecule has 0 unspecified atom stereocenters. The van der Waals surface area contributed by atoms with E-state index in [4.69, 9.17) is 0 Å². The molecule has 3 aromatic rings. The van der Waals surface area contributed by atoms with Crippen LogP contribution in [0.15, 0.2) is 42.7 Å². The number of pyridine rings is 2. The number of nitro groups is 1. The lowest BCUT2D eigenvalue weighted by molar-refractivity contribution is -0.389. The number of anilines is 2. The van der Waals surface area contributed by atoms with Crippen molar-refractivity contribution in [1.29, 1.82) is 0 Å². The van der Waals surface area contributed by atoms with E-state index in [0.717, 1.165) is 24.5 Å². The lowest BCUT2D eigenvalue weighted by Gasteiger charge is -2.16. The number of aromatic nitrogens is 3. The Bertz CT molecular complexity index is 899. The van der Waals surface area contributed by atoms with Gasteiger partial charge in [-0.1, -0.05) is 12.1 Å². The summed E-state index contributed by atoms with van der Waals surface area (Å²) in [4.78, 5) is 22.0. The van der Waals surface area contributed by atoms with Crippen molar-refractivity contribution < 1.29 is 4.92 Å². The zero-order chi connectivity index (χ0) is 17.2. The molecule has 1 aliphatic rings. The first-order valence-corrected chi connectivity index (χ1v) is 8.27. The zero-order valence-corrected chi connectivity index (χ0v) is 13.6. The quantitative estimate of drug-likeness (QED) is 0.568. The second kappa shape index (κ2) is 6.39. The van der Waals surface area contributed by atoms with Gasteiger partial charge in [-0.3, -0.25) is 0 Å². The number of fused-ring (bicyclic) bond motifs is 1. The minimum atomic E-state index is -0.420. The third kappa shape index (κ3) is 2.98.